The Bertz CT molecular complexity index is 1380. The first-order chi connectivity index (χ1) is 15.4. The molecule has 0 radical (unpaired) electrons. The summed E-state index contributed by atoms with van der Waals surface area (Å²) in [7, 11) is 4.16. The largest absolute Gasteiger partial charge is 0.378 e. The summed E-state index contributed by atoms with van der Waals surface area (Å²) >= 11 is 0. The van der Waals surface area contributed by atoms with E-state index in [1.165, 1.54) is 55.8 Å². The molecule has 2 nitrogen and oxygen atoms in total. The number of aryl methyl sites for hydroxylation is 1. The molecule has 0 aliphatic heterocycles. The molecule has 0 unspecified atom stereocenters. The van der Waals surface area contributed by atoms with Crippen molar-refractivity contribution in [3.8, 4) is 16.9 Å². The summed E-state index contributed by atoms with van der Waals surface area (Å²) in [6.07, 6.45) is 6.12. The molecule has 1 heterocycles. The van der Waals surface area contributed by atoms with Gasteiger partial charge in [0.25, 0.3) is 0 Å². The summed E-state index contributed by atoms with van der Waals surface area (Å²) in [5, 5.41) is 1.33. The van der Waals surface area contributed by atoms with E-state index in [-0.39, 0.29) is 5.41 Å². The molecular formula is C30H30N2. The zero-order valence-corrected chi connectivity index (χ0v) is 19.6. The van der Waals surface area contributed by atoms with E-state index in [4.69, 9.17) is 0 Å². The van der Waals surface area contributed by atoms with Crippen molar-refractivity contribution in [2.45, 2.75) is 26.2 Å². The van der Waals surface area contributed by atoms with Gasteiger partial charge in [-0.25, -0.2) is 0 Å². The molecule has 0 amide bonds. The summed E-state index contributed by atoms with van der Waals surface area (Å²) in [4.78, 5) is 2.14. The van der Waals surface area contributed by atoms with Gasteiger partial charge in [-0.1, -0.05) is 69.0 Å². The van der Waals surface area contributed by atoms with Gasteiger partial charge in [0.05, 0.1) is 11.2 Å². The van der Waals surface area contributed by atoms with Crippen molar-refractivity contribution in [2.24, 2.45) is 0 Å². The lowest BCUT2D eigenvalue weighted by Crippen LogP contribution is -2.15. The normalized spacial score (nSPS) is 14.0. The summed E-state index contributed by atoms with van der Waals surface area (Å²) in [5.74, 6) is 0. The van der Waals surface area contributed by atoms with Gasteiger partial charge in [-0.3, -0.25) is 0 Å². The van der Waals surface area contributed by atoms with E-state index in [2.05, 4.69) is 118 Å². The fraction of sp³-hybridized carbons (Fsp3) is 0.200. The number of hydrogen-bond donors (Lipinski definition) is 0. The number of allylic oxidation sites excluding steroid dienone is 2. The van der Waals surface area contributed by atoms with Gasteiger partial charge < -0.3 is 9.47 Å². The topological polar surface area (TPSA) is 8.17 Å². The van der Waals surface area contributed by atoms with E-state index in [9.17, 15) is 0 Å². The number of hydrogen-bond acceptors (Lipinski definition) is 1. The Morgan fingerprint density at radius 1 is 0.938 bits per heavy atom. The fourth-order valence-corrected chi connectivity index (χ4v) is 5.29. The van der Waals surface area contributed by atoms with Crippen LogP contribution >= 0.6 is 0 Å². The predicted octanol–water partition coefficient (Wildman–Crippen LogP) is 7.51. The number of para-hydroxylation sites is 1. The third-order valence-corrected chi connectivity index (χ3v) is 6.90. The average molecular weight is 419 g/mol. The van der Waals surface area contributed by atoms with E-state index in [1.54, 1.807) is 0 Å². The van der Waals surface area contributed by atoms with Gasteiger partial charge in [0, 0.05) is 41.8 Å². The Hall–Kier alpha value is -3.52. The van der Waals surface area contributed by atoms with Crippen molar-refractivity contribution < 1.29 is 0 Å². The molecule has 5 rings (SSSR count). The molecule has 1 aliphatic rings. The molecule has 1 aromatic heterocycles. The maximum absolute atomic E-state index is 3.90. The molecule has 0 saturated carbocycles. The molecule has 0 fully saturated rings. The van der Waals surface area contributed by atoms with Gasteiger partial charge in [0.15, 0.2) is 0 Å². The lowest BCUT2D eigenvalue weighted by atomic mass is 9.81. The van der Waals surface area contributed by atoms with Crippen LogP contribution in [0.4, 0.5) is 5.69 Å². The first-order valence-corrected chi connectivity index (χ1v) is 11.2. The van der Waals surface area contributed by atoms with Crippen molar-refractivity contribution in [1.82, 2.24) is 4.57 Å². The van der Waals surface area contributed by atoms with Crippen LogP contribution in [0, 0.1) is 6.92 Å². The highest BCUT2D eigenvalue weighted by Gasteiger charge is 2.41. The molecule has 3 aromatic carbocycles. The number of rotatable bonds is 4. The zero-order valence-electron chi connectivity index (χ0n) is 19.6. The maximum Gasteiger partial charge on any atom is 0.0591 e. The average Bonchev–Trinajstić information content (AvgIpc) is 3.24. The van der Waals surface area contributed by atoms with Gasteiger partial charge in [-0.2, -0.15) is 0 Å². The number of benzene rings is 3. The number of aromatic nitrogens is 1. The van der Waals surface area contributed by atoms with Crippen LogP contribution in [0.3, 0.4) is 0 Å². The number of anilines is 1. The quantitative estimate of drug-likeness (QED) is 0.311. The second-order valence-corrected chi connectivity index (χ2v) is 9.43. The van der Waals surface area contributed by atoms with Crippen molar-refractivity contribution >= 4 is 22.7 Å². The highest BCUT2D eigenvalue weighted by atomic mass is 15.1. The molecular weight excluding hydrogens is 388 g/mol. The van der Waals surface area contributed by atoms with E-state index >= 15 is 0 Å². The van der Waals surface area contributed by atoms with Gasteiger partial charge in [-0.05, 0) is 59.5 Å². The minimum Gasteiger partial charge on any atom is -0.378 e. The van der Waals surface area contributed by atoms with Crippen LogP contribution in [0.2, 0.25) is 0 Å². The smallest absolute Gasteiger partial charge is 0.0591 e. The molecule has 0 atom stereocenters. The van der Waals surface area contributed by atoms with Crippen molar-refractivity contribution in [1.29, 1.82) is 0 Å². The lowest BCUT2D eigenvalue weighted by molar-refractivity contribution is 0.666. The third kappa shape index (κ3) is 2.79. The molecule has 32 heavy (non-hydrogen) atoms. The van der Waals surface area contributed by atoms with Gasteiger partial charge >= 0.3 is 0 Å². The Kier molecular flexibility index (Phi) is 4.63. The highest BCUT2D eigenvalue weighted by molar-refractivity contribution is 6.01. The Labute approximate surface area is 191 Å². The van der Waals surface area contributed by atoms with E-state index < -0.39 is 0 Å². The number of fused-ring (bicyclic) bond motifs is 5. The first-order valence-electron chi connectivity index (χ1n) is 11.2. The summed E-state index contributed by atoms with van der Waals surface area (Å²) in [6.45, 7) is 10.8. The van der Waals surface area contributed by atoms with Crippen LogP contribution in [0.15, 0.2) is 79.4 Å². The molecule has 160 valence electrons. The van der Waals surface area contributed by atoms with Crippen LogP contribution in [0.25, 0.3) is 33.9 Å². The second kappa shape index (κ2) is 7.27. The molecule has 1 aliphatic carbocycles. The van der Waals surface area contributed by atoms with Crippen LogP contribution in [0.1, 0.15) is 36.1 Å². The maximum atomic E-state index is 3.90. The fourth-order valence-electron chi connectivity index (χ4n) is 5.29. The van der Waals surface area contributed by atoms with Crippen LogP contribution in [0.5, 0.6) is 0 Å². The molecule has 0 bridgehead atoms. The van der Waals surface area contributed by atoms with Crippen molar-refractivity contribution in [2.75, 3.05) is 19.0 Å². The monoisotopic (exact) mass is 418 g/mol. The molecule has 0 saturated heterocycles. The van der Waals surface area contributed by atoms with Gasteiger partial charge in [-0.15, -0.1) is 0 Å². The summed E-state index contributed by atoms with van der Waals surface area (Å²) in [5.41, 5.74) is 11.6. The van der Waals surface area contributed by atoms with E-state index in [1.807, 2.05) is 12.2 Å². The molecule has 0 spiro atoms. The molecule has 4 aromatic rings. The summed E-state index contributed by atoms with van der Waals surface area (Å²) in [6, 6.07) is 22.3. The first kappa shape index (κ1) is 20.4. The SMILES string of the molecule is C=C/C=C\c1c(C)ccc2c1-c1c(c3ccccc3n1-c1ccc(N(C)C)cc1)C2(C)C. The zero-order chi connectivity index (χ0) is 22.6. The van der Waals surface area contributed by atoms with E-state index in [0.29, 0.717) is 0 Å². The minimum absolute atomic E-state index is 0.0798. The molecule has 0 N–H and O–H groups in total. The Balaban J connectivity index is 1.92. The van der Waals surface area contributed by atoms with Gasteiger partial charge in [0.1, 0.15) is 0 Å². The van der Waals surface area contributed by atoms with Crippen molar-refractivity contribution in [3.05, 3.63) is 102 Å². The van der Waals surface area contributed by atoms with E-state index in [0.717, 1.165) is 0 Å². The summed E-state index contributed by atoms with van der Waals surface area (Å²) < 4.78 is 2.46. The van der Waals surface area contributed by atoms with Crippen LogP contribution < -0.4 is 4.90 Å². The second-order valence-electron chi connectivity index (χ2n) is 9.43. The van der Waals surface area contributed by atoms with Gasteiger partial charge in [0.2, 0.25) is 0 Å². The predicted molar refractivity (Wildman–Crippen MR) is 139 cm³/mol. The Morgan fingerprint density at radius 2 is 1.66 bits per heavy atom. The lowest BCUT2D eigenvalue weighted by Gasteiger charge is -2.22. The van der Waals surface area contributed by atoms with Crippen LogP contribution in [-0.4, -0.2) is 18.7 Å². The Morgan fingerprint density at radius 3 is 2.34 bits per heavy atom. The third-order valence-electron chi connectivity index (χ3n) is 6.90. The minimum atomic E-state index is -0.0798. The highest BCUT2D eigenvalue weighted by Crippen LogP contribution is 2.55. The van der Waals surface area contributed by atoms with Crippen molar-refractivity contribution in [3.63, 3.8) is 0 Å². The van der Waals surface area contributed by atoms with Crippen LogP contribution in [-0.2, 0) is 5.41 Å². The standard InChI is InChI=1S/C30H30N2/c1-7-8-11-23-20(2)14-19-25-27(23)29-28(30(25,3)4)24-12-9-10-13-26(24)32(29)22-17-15-21(16-18-22)31(5)6/h7-19H,1H2,2-6H3/b11-8-. The number of nitrogens with zero attached hydrogens (tertiary/aromatic N) is 2. The molecule has 2 heteroatoms.